The smallest absolute Gasteiger partial charge is 0.241 e. The van der Waals surface area contributed by atoms with E-state index in [0.29, 0.717) is 6.54 Å². The van der Waals surface area contributed by atoms with Gasteiger partial charge in [-0.15, -0.1) is 0 Å². The Labute approximate surface area is 121 Å². The normalized spacial score (nSPS) is 13.8. The summed E-state index contributed by atoms with van der Waals surface area (Å²) in [5, 5.41) is 6.18. The third-order valence-electron chi connectivity index (χ3n) is 3.49. The highest BCUT2D eigenvalue weighted by molar-refractivity contribution is 5.95. The summed E-state index contributed by atoms with van der Waals surface area (Å²) in [5.74, 6) is -0.0168. The van der Waals surface area contributed by atoms with E-state index in [0.717, 1.165) is 24.1 Å². The molecule has 2 N–H and O–H groups in total. The number of nitrogens with one attached hydrogen (secondary N) is 2. The lowest BCUT2D eigenvalue weighted by Gasteiger charge is -2.19. The predicted molar refractivity (Wildman–Crippen MR) is 83.0 cm³/mol. The summed E-state index contributed by atoms with van der Waals surface area (Å²) in [4.78, 5) is 12.2. The molecule has 0 aliphatic heterocycles. The van der Waals surface area contributed by atoms with E-state index in [-0.39, 0.29) is 18.1 Å². The van der Waals surface area contributed by atoms with Gasteiger partial charge in [-0.1, -0.05) is 32.0 Å². The maximum atomic E-state index is 12.2. The van der Waals surface area contributed by atoms with Gasteiger partial charge in [-0.3, -0.25) is 4.79 Å². The topological polar surface area (TPSA) is 50.4 Å². The number of hydrogen-bond acceptors (Lipinski definition) is 3. The molecule has 0 aromatic heterocycles. The molecule has 0 saturated heterocycles. The first-order valence-electron chi connectivity index (χ1n) is 7.27. The van der Waals surface area contributed by atoms with Crippen LogP contribution < -0.4 is 10.6 Å². The van der Waals surface area contributed by atoms with E-state index in [1.807, 2.05) is 31.2 Å². The predicted octanol–water partition coefficient (Wildman–Crippen LogP) is 2.59. The number of rotatable bonds is 8. The number of methoxy groups -OCH3 is 1. The van der Waals surface area contributed by atoms with Crippen LogP contribution in [0.5, 0.6) is 0 Å². The Morgan fingerprint density at radius 3 is 2.60 bits per heavy atom. The molecular formula is C16H26N2O2. The van der Waals surface area contributed by atoms with E-state index < -0.39 is 0 Å². The van der Waals surface area contributed by atoms with Crippen molar-refractivity contribution in [3.63, 3.8) is 0 Å². The molecule has 0 aliphatic carbocycles. The van der Waals surface area contributed by atoms with Gasteiger partial charge < -0.3 is 15.4 Å². The highest BCUT2D eigenvalue weighted by Gasteiger charge is 2.15. The van der Waals surface area contributed by atoms with Crippen LogP contribution in [0.1, 0.15) is 32.8 Å². The number of amides is 1. The molecule has 112 valence electrons. The molecule has 1 aromatic rings. The lowest BCUT2D eigenvalue weighted by atomic mass is 10.1. The maximum Gasteiger partial charge on any atom is 0.241 e. The minimum Gasteiger partial charge on any atom is -0.380 e. The highest BCUT2D eigenvalue weighted by Crippen LogP contribution is 2.15. The van der Waals surface area contributed by atoms with Gasteiger partial charge in [0.2, 0.25) is 5.91 Å². The monoisotopic (exact) mass is 278 g/mol. The average Bonchev–Trinajstić information content (AvgIpc) is 2.48. The quantitative estimate of drug-likeness (QED) is 0.768. The van der Waals surface area contributed by atoms with Crippen molar-refractivity contribution in [2.75, 3.05) is 19.0 Å². The van der Waals surface area contributed by atoms with E-state index in [1.54, 1.807) is 7.11 Å². The molecule has 1 amide bonds. The second-order valence-corrected chi connectivity index (χ2v) is 4.90. The summed E-state index contributed by atoms with van der Waals surface area (Å²) in [6.07, 6.45) is 1.98. The molecule has 20 heavy (non-hydrogen) atoms. The average molecular weight is 278 g/mol. The van der Waals surface area contributed by atoms with E-state index >= 15 is 0 Å². The number of benzene rings is 1. The standard InChI is InChI=1S/C16H26N2O2/c1-5-13-9-7-8-10-15(13)18-16(19)12(3)17-11-14(6-2)20-4/h7-10,12,14,17H,5-6,11H2,1-4H3,(H,18,19). The van der Waals surface area contributed by atoms with Crippen molar-refractivity contribution in [3.8, 4) is 0 Å². The van der Waals surface area contributed by atoms with Gasteiger partial charge in [0.05, 0.1) is 12.1 Å². The fraction of sp³-hybridized carbons (Fsp3) is 0.562. The second kappa shape index (κ2) is 8.72. The van der Waals surface area contributed by atoms with Crippen LogP contribution in [0.4, 0.5) is 5.69 Å². The maximum absolute atomic E-state index is 12.2. The zero-order valence-corrected chi connectivity index (χ0v) is 12.9. The first-order chi connectivity index (χ1) is 9.62. The van der Waals surface area contributed by atoms with Crippen molar-refractivity contribution in [2.24, 2.45) is 0 Å². The SMILES string of the molecule is CCc1ccccc1NC(=O)C(C)NCC(CC)OC. The summed E-state index contributed by atoms with van der Waals surface area (Å²) in [7, 11) is 1.69. The van der Waals surface area contributed by atoms with Crippen LogP contribution in [0.15, 0.2) is 24.3 Å². The fourth-order valence-corrected chi connectivity index (χ4v) is 1.99. The van der Waals surface area contributed by atoms with Gasteiger partial charge in [-0.05, 0) is 31.4 Å². The molecule has 4 heteroatoms. The van der Waals surface area contributed by atoms with Crippen molar-refractivity contribution in [1.29, 1.82) is 0 Å². The Kier molecular flexibility index (Phi) is 7.26. The highest BCUT2D eigenvalue weighted by atomic mass is 16.5. The minimum absolute atomic E-state index is 0.0168. The largest absolute Gasteiger partial charge is 0.380 e. The van der Waals surface area contributed by atoms with Crippen molar-refractivity contribution < 1.29 is 9.53 Å². The fourth-order valence-electron chi connectivity index (χ4n) is 1.99. The third-order valence-corrected chi connectivity index (χ3v) is 3.49. The molecule has 0 fully saturated rings. The van der Waals surface area contributed by atoms with Gasteiger partial charge in [0, 0.05) is 19.3 Å². The number of ether oxygens (including phenoxy) is 1. The number of hydrogen-bond donors (Lipinski definition) is 2. The Bertz CT molecular complexity index is 417. The lowest BCUT2D eigenvalue weighted by molar-refractivity contribution is -0.117. The van der Waals surface area contributed by atoms with E-state index in [9.17, 15) is 4.79 Å². The second-order valence-electron chi connectivity index (χ2n) is 4.90. The van der Waals surface area contributed by atoms with Crippen LogP contribution in [0, 0.1) is 0 Å². The van der Waals surface area contributed by atoms with Gasteiger partial charge in [-0.25, -0.2) is 0 Å². The third kappa shape index (κ3) is 4.94. The molecule has 0 heterocycles. The Morgan fingerprint density at radius 2 is 2.00 bits per heavy atom. The van der Waals surface area contributed by atoms with Crippen molar-refractivity contribution >= 4 is 11.6 Å². The van der Waals surface area contributed by atoms with Crippen molar-refractivity contribution in [1.82, 2.24) is 5.32 Å². The van der Waals surface area contributed by atoms with Crippen LogP contribution in [0.25, 0.3) is 0 Å². The molecule has 2 unspecified atom stereocenters. The Morgan fingerprint density at radius 1 is 1.30 bits per heavy atom. The van der Waals surface area contributed by atoms with Crippen molar-refractivity contribution in [2.45, 2.75) is 45.8 Å². The van der Waals surface area contributed by atoms with Gasteiger partial charge in [0.25, 0.3) is 0 Å². The van der Waals surface area contributed by atoms with Crippen LogP contribution in [0.2, 0.25) is 0 Å². The zero-order chi connectivity index (χ0) is 15.0. The molecule has 1 aromatic carbocycles. The summed E-state index contributed by atoms with van der Waals surface area (Å²) >= 11 is 0. The number of para-hydroxylation sites is 1. The van der Waals surface area contributed by atoms with Gasteiger partial charge in [-0.2, -0.15) is 0 Å². The van der Waals surface area contributed by atoms with E-state index in [2.05, 4.69) is 24.5 Å². The molecule has 4 nitrogen and oxygen atoms in total. The van der Waals surface area contributed by atoms with Gasteiger partial charge >= 0.3 is 0 Å². The van der Waals surface area contributed by atoms with Crippen LogP contribution in [-0.4, -0.2) is 31.7 Å². The lowest BCUT2D eigenvalue weighted by Crippen LogP contribution is -2.42. The first kappa shape index (κ1) is 16.7. The van der Waals surface area contributed by atoms with E-state index in [1.165, 1.54) is 0 Å². The molecule has 0 bridgehead atoms. The number of aryl methyl sites for hydroxylation is 1. The molecule has 0 radical (unpaired) electrons. The van der Waals surface area contributed by atoms with Crippen molar-refractivity contribution in [3.05, 3.63) is 29.8 Å². The summed E-state index contributed by atoms with van der Waals surface area (Å²) in [6.45, 7) is 6.69. The van der Waals surface area contributed by atoms with Crippen LogP contribution in [-0.2, 0) is 16.0 Å². The number of anilines is 1. The number of carbonyl (C=O) groups excluding carboxylic acids is 1. The summed E-state index contributed by atoms with van der Waals surface area (Å²) < 4.78 is 5.29. The van der Waals surface area contributed by atoms with E-state index in [4.69, 9.17) is 4.74 Å². The summed E-state index contributed by atoms with van der Waals surface area (Å²) in [6, 6.07) is 7.65. The molecule has 0 spiro atoms. The molecule has 2 atom stereocenters. The Balaban J connectivity index is 2.53. The zero-order valence-electron chi connectivity index (χ0n) is 12.9. The number of carbonyl (C=O) groups is 1. The summed E-state index contributed by atoms with van der Waals surface area (Å²) in [5.41, 5.74) is 2.05. The van der Waals surface area contributed by atoms with Gasteiger partial charge in [0.15, 0.2) is 0 Å². The molecule has 0 aliphatic rings. The first-order valence-corrected chi connectivity index (χ1v) is 7.27. The molecule has 0 saturated carbocycles. The molecular weight excluding hydrogens is 252 g/mol. The Hall–Kier alpha value is -1.39. The van der Waals surface area contributed by atoms with Gasteiger partial charge in [0.1, 0.15) is 0 Å². The minimum atomic E-state index is -0.246. The van der Waals surface area contributed by atoms with Crippen LogP contribution >= 0.6 is 0 Å². The van der Waals surface area contributed by atoms with Crippen LogP contribution in [0.3, 0.4) is 0 Å². The molecule has 1 rings (SSSR count).